The Bertz CT molecular complexity index is 1440. The van der Waals surface area contributed by atoms with Crippen molar-refractivity contribution in [2.75, 3.05) is 18.0 Å². The summed E-state index contributed by atoms with van der Waals surface area (Å²) in [5.41, 5.74) is 1.97. The fourth-order valence-electron chi connectivity index (χ4n) is 4.88. The summed E-state index contributed by atoms with van der Waals surface area (Å²) in [4.78, 5) is 28.8. The van der Waals surface area contributed by atoms with Crippen molar-refractivity contribution in [2.45, 2.75) is 63.1 Å². The number of amides is 2. The fraction of sp³-hybridized carbons (Fsp3) is 0.355. The molecule has 0 unspecified atom stereocenters. The maximum absolute atomic E-state index is 14.0. The van der Waals surface area contributed by atoms with Crippen LogP contribution >= 0.6 is 11.6 Å². The summed E-state index contributed by atoms with van der Waals surface area (Å²) in [7, 11) is -2.56. The summed E-state index contributed by atoms with van der Waals surface area (Å²) < 4.78 is 34.1. The van der Waals surface area contributed by atoms with Gasteiger partial charge in [0.25, 0.3) is 10.0 Å². The first-order chi connectivity index (χ1) is 19.6. The van der Waals surface area contributed by atoms with Crippen LogP contribution < -0.4 is 14.4 Å². The van der Waals surface area contributed by atoms with E-state index in [0.717, 1.165) is 41.1 Å². The average Bonchev–Trinajstić information content (AvgIpc) is 3.48. The largest absolute Gasteiger partial charge is 0.497 e. The number of nitrogens with one attached hydrogen (secondary N) is 1. The number of methoxy groups -OCH3 is 1. The van der Waals surface area contributed by atoms with Gasteiger partial charge in [0.2, 0.25) is 11.8 Å². The molecule has 2 amide bonds. The van der Waals surface area contributed by atoms with Crippen molar-refractivity contribution in [3.8, 4) is 5.75 Å². The Labute approximate surface area is 247 Å². The molecule has 1 aliphatic carbocycles. The molecule has 8 nitrogen and oxygen atoms in total. The molecule has 41 heavy (non-hydrogen) atoms. The SMILES string of the molecule is COc1ccc(CN(C(=O)CN(c2ccc(Cl)cc2)S(=O)(=O)c2ccc(C)cc2)[C@H](C)C(=O)NC2CCCC2)cc1. The van der Waals surface area contributed by atoms with Crippen LogP contribution in [0.5, 0.6) is 5.75 Å². The van der Waals surface area contributed by atoms with Gasteiger partial charge >= 0.3 is 0 Å². The van der Waals surface area contributed by atoms with Crippen LogP contribution in [-0.2, 0) is 26.2 Å². The Morgan fingerprint density at radius 3 is 2.17 bits per heavy atom. The van der Waals surface area contributed by atoms with E-state index >= 15 is 0 Å². The van der Waals surface area contributed by atoms with Gasteiger partial charge in [-0.05, 0) is 80.8 Å². The first kappa shape index (κ1) is 30.4. The fourth-order valence-corrected chi connectivity index (χ4v) is 6.42. The van der Waals surface area contributed by atoms with Gasteiger partial charge in [0.05, 0.1) is 17.7 Å². The predicted molar refractivity (Wildman–Crippen MR) is 161 cm³/mol. The number of ether oxygens (including phenoxy) is 1. The lowest BCUT2D eigenvalue weighted by atomic mass is 10.1. The number of carbonyl (C=O) groups excluding carboxylic acids is 2. The number of carbonyl (C=O) groups is 2. The monoisotopic (exact) mass is 597 g/mol. The van der Waals surface area contributed by atoms with Gasteiger partial charge in [-0.3, -0.25) is 13.9 Å². The van der Waals surface area contributed by atoms with Crippen LogP contribution in [0.25, 0.3) is 0 Å². The van der Waals surface area contributed by atoms with E-state index in [-0.39, 0.29) is 29.1 Å². The minimum atomic E-state index is -4.13. The molecule has 1 fully saturated rings. The molecule has 218 valence electrons. The van der Waals surface area contributed by atoms with Crippen LogP contribution in [0.1, 0.15) is 43.7 Å². The third-order valence-corrected chi connectivity index (χ3v) is 9.42. The molecule has 0 spiro atoms. The van der Waals surface area contributed by atoms with Gasteiger partial charge < -0.3 is 15.0 Å². The van der Waals surface area contributed by atoms with Crippen LogP contribution in [0, 0.1) is 6.92 Å². The third-order valence-electron chi connectivity index (χ3n) is 7.38. The molecular formula is C31H36ClN3O5S. The summed E-state index contributed by atoms with van der Waals surface area (Å²) in [6.45, 7) is 3.15. The third kappa shape index (κ3) is 7.59. The first-order valence-electron chi connectivity index (χ1n) is 13.7. The van der Waals surface area contributed by atoms with E-state index in [1.54, 1.807) is 62.6 Å². The molecule has 0 bridgehead atoms. The van der Waals surface area contributed by atoms with Gasteiger partial charge in [0.15, 0.2) is 0 Å². The summed E-state index contributed by atoms with van der Waals surface area (Å²) in [5, 5.41) is 3.51. The molecule has 0 radical (unpaired) electrons. The highest BCUT2D eigenvalue weighted by Gasteiger charge is 2.33. The molecule has 4 rings (SSSR count). The number of halogens is 1. The van der Waals surface area contributed by atoms with Crippen molar-refractivity contribution in [1.29, 1.82) is 0 Å². The normalized spacial score (nSPS) is 14.3. The number of anilines is 1. The smallest absolute Gasteiger partial charge is 0.264 e. The van der Waals surface area contributed by atoms with Gasteiger partial charge in [-0.1, -0.05) is 54.3 Å². The number of hydrogen-bond acceptors (Lipinski definition) is 5. The van der Waals surface area contributed by atoms with Crippen molar-refractivity contribution in [2.24, 2.45) is 0 Å². The van der Waals surface area contributed by atoms with Gasteiger partial charge in [0.1, 0.15) is 18.3 Å². The van der Waals surface area contributed by atoms with Crippen LogP contribution in [0.3, 0.4) is 0 Å². The molecule has 0 aliphatic heterocycles. The van der Waals surface area contributed by atoms with Crippen LogP contribution in [-0.4, -0.2) is 50.9 Å². The van der Waals surface area contributed by atoms with Crippen molar-refractivity contribution >= 4 is 39.1 Å². The molecule has 0 aromatic heterocycles. The van der Waals surface area contributed by atoms with E-state index < -0.39 is 28.5 Å². The molecule has 1 atom stereocenters. The minimum absolute atomic E-state index is 0.0552. The maximum atomic E-state index is 14.0. The lowest BCUT2D eigenvalue weighted by Crippen LogP contribution is -2.52. The van der Waals surface area contributed by atoms with E-state index in [9.17, 15) is 18.0 Å². The molecule has 3 aromatic rings. The molecule has 3 aromatic carbocycles. The zero-order valence-electron chi connectivity index (χ0n) is 23.5. The van der Waals surface area contributed by atoms with E-state index in [4.69, 9.17) is 16.3 Å². The Balaban J connectivity index is 1.67. The van der Waals surface area contributed by atoms with Crippen molar-refractivity contribution < 1.29 is 22.7 Å². The molecule has 1 N–H and O–H groups in total. The lowest BCUT2D eigenvalue weighted by Gasteiger charge is -2.32. The summed E-state index contributed by atoms with van der Waals surface area (Å²) in [5.74, 6) is -0.115. The van der Waals surface area contributed by atoms with Crippen LogP contribution in [0.2, 0.25) is 5.02 Å². The second kappa shape index (κ2) is 13.4. The Kier molecular flexibility index (Phi) is 9.94. The first-order valence-corrected chi connectivity index (χ1v) is 15.5. The Morgan fingerprint density at radius 1 is 0.976 bits per heavy atom. The molecule has 10 heteroatoms. The minimum Gasteiger partial charge on any atom is -0.497 e. The highest BCUT2D eigenvalue weighted by molar-refractivity contribution is 7.92. The van der Waals surface area contributed by atoms with Crippen molar-refractivity contribution in [3.05, 3.63) is 88.9 Å². The van der Waals surface area contributed by atoms with Gasteiger partial charge in [-0.25, -0.2) is 8.42 Å². The summed E-state index contributed by atoms with van der Waals surface area (Å²) >= 11 is 6.08. The standard InChI is InChI=1S/C31H36ClN3O5S/c1-22-8-18-29(19-9-22)41(38,39)35(27-14-12-25(32)13-15-27)21-30(36)34(20-24-10-16-28(40-3)17-11-24)23(2)31(37)33-26-6-4-5-7-26/h8-19,23,26H,4-7,20-21H2,1-3H3,(H,33,37)/t23-/m1/s1. The zero-order valence-corrected chi connectivity index (χ0v) is 25.1. The number of benzene rings is 3. The highest BCUT2D eigenvalue weighted by Crippen LogP contribution is 2.27. The number of rotatable bonds is 11. The van der Waals surface area contributed by atoms with E-state index in [2.05, 4.69) is 5.32 Å². The topological polar surface area (TPSA) is 96.0 Å². The number of aryl methyl sites for hydroxylation is 1. The Morgan fingerprint density at radius 2 is 1.59 bits per heavy atom. The number of nitrogens with zero attached hydrogens (tertiary/aromatic N) is 2. The van der Waals surface area contributed by atoms with Crippen LogP contribution in [0.4, 0.5) is 5.69 Å². The summed E-state index contributed by atoms with van der Waals surface area (Å²) in [6.07, 6.45) is 3.93. The predicted octanol–water partition coefficient (Wildman–Crippen LogP) is 5.33. The number of hydrogen-bond donors (Lipinski definition) is 1. The molecular weight excluding hydrogens is 562 g/mol. The van der Waals surface area contributed by atoms with E-state index in [1.165, 1.54) is 17.0 Å². The molecule has 1 aliphatic rings. The molecule has 0 saturated heterocycles. The maximum Gasteiger partial charge on any atom is 0.264 e. The van der Waals surface area contributed by atoms with Gasteiger partial charge in [-0.2, -0.15) is 0 Å². The molecule has 0 heterocycles. The van der Waals surface area contributed by atoms with Crippen molar-refractivity contribution in [1.82, 2.24) is 10.2 Å². The number of sulfonamides is 1. The highest BCUT2D eigenvalue weighted by atomic mass is 35.5. The quantitative estimate of drug-likeness (QED) is 0.322. The van der Waals surface area contributed by atoms with Gasteiger partial charge in [-0.15, -0.1) is 0 Å². The van der Waals surface area contributed by atoms with Gasteiger partial charge in [0, 0.05) is 17.6 Å². The van der Waals surface area contributed by atoms with Crippen molar-refractivity contribution in [3.63, 3.8) is 0 Å². The van der Waals surface area contributed by atoms with Crippen LogP contribution in [0.15, 0.2) is 77.7 Å². The summed E-state index contributed by atoms with van der Waals surface area (Å²) in [6, 6.07) is 19.2. The molecule has 1 saturated carbocycles. The Hall–Kier alpha value is -3.56. The average molecular weight is 598 g/mol. The zero-order chi connectivity index (χ0) is 29.6. The lowest BCUT2D eigenvalue weighted by molar-refractivity contribution is -0.139. The van der Waals surface area contributed by atoms with E-state index in [0.29, 0.717) is 10.8 Å². The van der Waals surface area contributed by atoms with E-state index in [1.807, 2.05) is 19.1 Å². The second-order valence-electron chi connectivity index (χ2n) is 10.3. The second-order valence-corrected chi connectivity index (χ2v) is 12.6.